The van der Waals surface area contributed by atoms with Gasteiger partial charge >= 0.3 is 6.18 Å². The van der Waals surface area contributed by atoms with E-state index in [4.69, 9.17) is 5.26 Å². The molecule has 23 heavy (non-hydrogen) atoms. The van der Waals surface area contributed by atoms with E-state index in [1.54, 1.807) is 43.3 Å². The van der Waals surface area contributed by atoms with E-state index in [0.29, 0.717) is 11.1 Å². The Labute approximate surface area is 133 Å². The van der Waals surface area contributed by atoms with E-state index >= 15 is 0 Å². The van der Waals surface area contributed by atoms with E-state index in [-0.39, 0.29) is 5.56 Å². The molecule has 0 aliphatic heterocycles. The summed E-state index contributed by atoms with van der Waals surface area (Å²) in [5, 5.41) is 8.51. The van der Waals surface area contributed by atoms with E-state index in [1.807, 2.05) is 6.07 Å². The van der Waals surface area contributed by atoms with Crippen LogP contribution in [0.3, 0.4) is 0 Å². The fourth-order valence-corrected chi connectivity index (χ4v) is 2.23. The van der Waals surface area contributed by atoms with Gasteiger partial charge in [0.05, 0.1) is 11.6 Å². The molecule has 2 aliphatic carbocycles. The predicted octanol–water partition coefficient (Wildman–Crippen LogP) is 5.76. The quantitative estimate of drug-likeness (QED) is 0.522. The maximum absolute atomic E-state index is 13.4. The molecule has 0 saturated carbocycles. The first-order valence-electron chi connectivity index (χ1n) is 6.93. The van der Waals surface area contributed by atoms with Gasteiger partial charge in [-0.3, -0.25) is 0 Å². The summed E-state index contributed by atoms with van der Waals surface area (Å²) in [5.74, 6) is 0. The summed E-state index contributed by atoms with van der Waals surface area (Å²) in [6.07, 6.45) is 0.632. The molecule has 0 radical (unpaired) electrons. The summed E-state index contributed by atoms with van der Waals surface area (Å²) >= 11 is 0. The van der Waals surface area contributed by atoms with Gasteiger partial charge in [-0.25, -0.2) is 0 Å². The molecule has 4 heteroatoms. The Morgan fingerprint density at radius 2 is 1.83 bits per heavy atom. The van der Waals surface area contributed by atoms with Crippen molar-refractivity contribution >= 4 is 5.57 Å². The lowest BCUT2D eigenvalue weighted by Gasteiger charge is -2.11. The summed E-state index contributed by atoms with van der Waals surface area (Å²) < 4.78 is 40.2. The Kier molecular flexibility index (Phi) is 5.02. The van der Waals surface area contributed by atoms with Crippen LogP contribution in [-0.2, 0) is 0 Å². The Morgan fingerprint density at radius 1 is 1.09 bits per heavy atom. The van der Waals surface area contributed by atoms with Crippen LogP contribution in [0.5, 0.6) is 0 Å². The van der Waals surface area contributed by atoms with Crippen molar-refractivity contribution in [2.45, 2.75) is 13.1 Å². The first-order chi connectivity index (χ1) is 10.9. The molecule has 0 aromatic carbocycles. The first kappa shape index (κ1) is 16.6. The SMILES string of the molecule is CC(C=CC=C(c1ccc2cccccc1-2)C(F)(F)F)=CC#N. The van der Waals surface area contributed by atoms with E-state index in [9.17, 15) is 13.2 Å². The van der Waals surface area contributed by atoms with Crippen molar-refractivity contribution < 1.29 is 13.2 Å². The van der Waals surface area contributed by atoms with Crippen LogP contribution in [0.15, 0.2) is 72.3 Å². The van der Waals surface area contributed by atoms with Crippen molar-refractivity contribution in [1.29, 1.82) is 5.26 Å². The number of rotatable bonds is 3. The van der Waals surface area contributed by atoms with Crippen LogP contribution in [0.4, 0.5) is 13.2 Å². The number of nitriles is 1. The fraction of sp³-hybridized carbons (Fsp3) is 0.105. The fourth-order valence-electron chi connectivity index (χ4n) is 2.23. The highest BCUT2D eigenvalue weighted by molar-refractivity contribution is 5.86. The molecule has 0 bridgehead atoms. The smallest absolute Gasteiger partial charge is 0.193 e. The molecule has 0 amide bonds. The molecule has 0 heterocycles. The summed E-state index contributed by atoms with van der Waals surface area (Å²) in [5.41, 5.74) is 1.33. The van der Waals surface area contributed by atoms with Crippen LogP contribution < -0.4 is 0 Å². The monoisotopic (exact) mass is 313 g/mol. The number of nitrogens with zero attached hydrogens (tertiary/aromatic N) is 1. The van der Waals surface area contributed by atoms with Gasteiger partial charge in [-0.1, -0.05) is 54.6 Å². The summed E-state index contributed by atoms with van der Waals surface area (Å²) in [6, 6.07) is 13.7. The Morgan fingerprint density at radius 3 is 2.52 bits per heavy atom. The van der Waals surface area contributed by atoms with Gasteiger partial charge < -0.3 is 0 Å². The second-order valence-electron chi connectivity index (χ2n) is 4.98. The Bertz CT molecular complexity index is 789. The van der Waals surface area contributed by atoms with Gasteiger partial charge in [0.2, 0.25) is 0 Å². The van der Waals surface area contributed by atoms with Crippen LogP contribution in [0.25, 0.3) is 16.7 Å². The molecule has 0 saturated heterocycles. The average molecular weight is 313 g/mol. The van der Waals surface area contributed by atoms with E-state index < -0.39 is 11.7 Å². The topological polar surface area (TPSA) is 23.8 Å². The van der Waals surface area contributed by atoms with Gasteiger partial charge in [-0.2, -0.15) is 18.4 Å². The van der Waals surface area contributed by atoms with Crippen LogP contribution >= 0.6 is 0 Å². The third-order valence-electron chi connectivity index (χ3n) is 3.30. The van der Waals surface area contributed by atoms with Crippen molar-refractivity contribution in [2.24, 2.45) is 0 Å². The zero-order valence-corrected chi connectivity index (χ0v) is 12.4. The van der Waals surface area contributed by atoms with Crippen molar-refractivity contribution in [3.8, 4) is 17.2 Å². The molecule has 2 rings (SSSR count). The number of hydrogen-bond donors (Lipinski definition) is 0. The lowest BCUT2D eigenvalue weighted by molar-refractivity contribution is -0.0688. The van der Waals surface area contributed by atoms with Crippen LogP contribution in [0.2, 0.25) is 0 Å². The van der Waals surface area contributed by atoms with Crippen molar-refractivity contribution in [3.63, 3.8) is 0 Å². The van der Waals surface area contributed by atoms with Crippen LogP contribution in [0, 0.1) is 11.3 Å². The molecule has 0 aromatic heterocycles. The van der Waals surface area contributed by atoms with Gasteiger partial charge in [0.15, 0.2) is 0 Å². The standard InChI is InChI=1S/C19H14F3N/c1-14(12-13-23)6-5-9-18(19(20,21)22)17-11-10-15-7-3-2-4-8-16(15)17/h2-12H,1H3. The second-order valence-corrected chi connectivity index (χ2v) is 4.98. The van der Waals surface area contributed by atoms with Gasteiger partial charge in [0.1, 0.15) is 0 Å². The molecule has 0 unspecified atom stereocenters. The van der Waals surface area contributed by atoms with Crippen molar-refractivity contribution in [2.75, 3.05) is 0 Å². The zero-order chi connectivity index (χ0) is 16.9. The Balaban J connectivity index is 2.49. The second kappa shape index (κ2) is 6.97. The lowest BCUT2D eigenvalue weighted by Crippen LogP contribution is -2.10. The van der Waals surface area contributed by atoms with Gasteiger partial charge in [-0.15, -0.1) is 0 Å². The van der Waals surface area contributed by atoms with Gasteiger partial charge in [0, 0.05) is 6.08 Å². The maximum atomic E-state index is 13.4. The average Bonchev–Trinajstić information content (AvgIpc) is 2.71. The van der Waals surface area contributed by atoms with Gasteiger partial charge in [0.25, 0.3) is 0 Å². The molecule has 0 aromatic rings. The number of alkyl halides is 3. The van der Waals surface area contributed by atoms with E-state index in [0.717, 1.165) is 11.6 Å². The number of halogens is 3. The van der Waals surface area contributed by atoms with Crippen LogP contribution in [0.1, 0.15) is 12.5 Å². The molecule has 0 spiro atoms. The molecule has 0 fully saturated rings. The summed E-state index contributed by atoms with van der Waals surface area (Å²) in [6.45, 7) is 1.65. The third-order valence-corrected chi connectivity index (χ3v) is 3.30. The number of hydrogen-bond acceptors (Lipinski definition) is 1. The first-order valence-corrected chi connectivity index (χ1v) is 6.93. The lowest BCUT2D eigenvalue weighted by atomic mass is 10.0. The maximum Gasteiger partial charge on any atom is 0.417 e. The molecule has 2 aliphatic rings. The third kappa shape index (κ3) is 4.10. The van der Waals surface area contributed by atoms with Gasteiger partial charge in [-0.05, 0) is 35.3 Å². The highest BCUT2D eigenvalue weighted by Crippen LogP contribution is 2.40. The Hall–Kier alpha value is -2.80. The van der Waals surface area contributed by atoms with E-state index in [1.165, 1.54) is 24.3 Å². The normalized spacial score (nSPS) is 13.5. The minimum absolute atomic E-state index is 0.148. The van der Waals surface area contributed by atoms with Crippen molar-refractivity contribution in [1.82, 2.24) is 0 Å². The minimum Gasteiger partial charge on any atom is -0.193 e. The van der Waals surface area contributed by atoms with Crippen LogP contribution in [-0.4, -0.2) is 6.18 Å². The molecule has 0 atom stereocenters. The molecule has 0 N–H and O–H groups in total. The van der Waals surface area contributed by atoms with Crippen molar-refractivity contribution in [3.05, 3.63) is 77.9 Å². The minimum atomic E-state index is -4.47. The van der Waals surface area contributed by atoms with E-state index in [2.05, 4.69) is 0 Å². The number of fused-ring (bicyclic) bond motifs is 1. The summed E-state index contributed by atoms with van der Waals surface area (Å²) in [4.78, 5) is 0. The summed E-state index contributed by atoms with van der Waals surface area (Å²) in [7, 11) is 0. The molecular formula is C19H14F3N. The highest BCUT2D eigenvalue weighted by Gasteiger charge is 2.35. The predicted molar refractivity (Wildman–Crippen MR) is 85.6 cm³/mol. The molecule has 116 valence electrons. The molecule has 1 nitrogen and oxygen atoms in total. The molecular weight excluding hydrogens is 299 g/mol. The highest BCUT2D eigenvalue weighted by atomic mass is 19.4. The zero-order valence-electron chi connectivity index (χ0n) is 12.4. The largest absolute Gasteiger partial charge is 0.417 e. The number of allylic oxidation sites excluding steroid dienone is 6.